The van der Waals surface area contributed by atoms with Gasteiger partial charge in [-0.3, -0.25) is 4.79 Å². The van der Waals surface area contributed by atoms with Crippen molar-refractivity contribution in [3.05, 3.63) is 0 Å². The maximum absolute atomic E-state index is 12.0. The van der Waals surface area contributed by atoms with Crippen LogP contribution in [0.1, 0.15) is 32.6 Å². The Morgan fingerprint density at radius 1 is 1.38 bits per heavy atom. The maximum Gasteiger partial charge on any atom is 0.225 e. The Morgan fingerprint density at radius 2 is 2.00 bits per heavy atom. The summed E-state index contributed by atoms with van der Waals surface area (Å²) in [6, 6.07) is 0. The van der Waals surface area contributed by atoms with Gasteiger partial charge in [0.15, 0.2) is 0 Å². The molecule has 0 aromatic carbocycles. The van der Waals surface area contributed by atoms with E-state index in [1.807, 2.05) is 7.05 Å². The number of carbonyl (C=O) groups excluding carboxylic acids is 1. The van der Waals surface area contributed by atoms with Crippen molar-refractivity contribution in [2.75, 3.05) is 26.7 Å². The molecule has 0 radical (unpaired) electrons. The molecule has 2 atom stereocenters. The molecule has 2 unspecified atom stereocenters. The van der Waals surface area contributed by atoms with Crippen LogP contribution in [0.15, 0.2) is 0 Å². The quantitative estimate of drug-likeness (QED) is 0.784. The number of nitrogens with zero attached hydrogens (tertiary/aromatic N) is 1. The van der Waals surface area contributed by atoms with Crippen LogP contribution in [0, 0.1) is 17.8 Å². The minimum absolute atomic E-state index is 0.369. The molecule has 0 aromatic rings. The van der Waals surface area contributed by atoms with E-state index in [1.54, 1.807) is 0 Å². The number of hydrogen-bond donors (Lipinski definition) is 1. The summed E-state index contributed by atoms with van der Waals surface area (Å²) < 4.78 is 0. The summed E-state index contributed by atoms with van der Waals surface area (Å²) in [5.41, 5.74) is 0. The molecule has 0 aromatic heterocycles. The third-order valence-corrected chi connectivity index (χ3v) is 4.16. The van der Waals surface area contributed by atoms with Gasteiger partial charge in [0.1, 0.15) is 0 Å². The molecule has 92 valence electrons. The van der Waals surface area contributed by atoms with Gasteiger partial charge in [0.2, 0.25) is 5.91 Å². The van der Waals surface area contributed by atoms with Gasteiger partial charge >= 0.3 is 0 Å². The molecule has 0 spiro atoms. The van der Waals surface area contributed by atoms with Gasteiger partial charge in [0.05, 0.1) is 0 Å². The lowest BCUT2D eigenvalue weighted by Gasteiger charge is -2.32. The molecule has 2 rings (SSSR count). The van der Waals surface area contributed by atoms with Crippen molar-refractivity contribution in [1.82, 2.24) is 10.2 Å². The van der Waals surface area contributed by atoms with Gasteiger partial charge in [-0.05, 0) is 51.1 Å². The van der Waals surface area contributed by atoms with Crippen molar-refractivity contribution in [2.45, 2.75) is 32.6 Å². The van der Waals surface area contributed by atoms with Gasteiger partial charge in [-0.2, -0.15) is 0 Å². The minimum atomic E-state index is 0.369. The minimum Gasteiger partial charge on any atom is -0.342 e. The molecule has 1 amide bonds. The average Bonchev–Trinajstić information content (AvgIpc) is 3.03. The Kier molecular flexibility index (Phi) is 3.85. The zero-order valence-corrected chi connectivity index (χ0v) is 10.5. The van der Waals surface area contributed by atoms with E-state index in [1.165, 1.54) is 19.3 Å². The average molecular weight is 224 g/mol. The van der Waals surface area contributed by atoms with Crippen molar-refractivity contribution in [3.8, 4) is 0 Å². The molecule has 1 N–H and O–H groups in total. The van der Waals surface area contributed by atoms with Crippen molar-refractivity contribution in [3.63, 3.8) is 0 Å². The molecule has 1 heterocycles. The van der Waals surface area contributed by atoms with Crippen molar-refractivity contribution in [1.29, 1.82) is 0 Å². The highest BCUT2D eigenvalue weighted by molar-refractivity contribution is 5.81. The van der Waals surface area contributed by atoms with Crippen LogP contribution in [-0.2, 0) is 4.79 Å². The van der Waals surface area contributed by atoms with Gasteiger partial charge in [0, 0.05) is 19.0 Å². The molecule has 3 heteroatoms. The Balaban J connectivity index is 1.70. The summed E-state index contributed by atoms with van der Waals surface area (Å²) in [7, 11) is 2.01. The molecule has 0 bridgehead atoms. The Bertz CT molecular complexity index is 246. The summed E-state index contributed by atoms with van der Waals surface area (Å²) in [6.45, 7) is 5.29. The van der Waals surface area contributed by atoms with E-state index in [-0.39, 0.29) is 0 Å². The first-order valence-electron chi connectivity index (χ1n) is 6.65. The molecule has 1 saturated heterocycles. The number of hydrogen-bond acceptors (Lipinski definition) is 2. The summed E-state index contributed by atoms with van der Waals surface area (Å²) in [6.07, 6.45) is 4.79. The molecule has 16 heavy (non-hydrogen) atoms. The highest BCUT2D eigenvalue weighted by Gasteiger charge is 2.41. The summed E-state index contributed by atoms with van der Waals surface area (Å²) in [4.78, 5) is 14.1. The largest absolute Gasteiger partial charge is 0.342 e. The van der Waals surface area contributed by atoms with E-state index in [0.717, 1.165) is 32.0 Å². The summed E-state index contributed by atoms with van der Waals surface area (Å²) in [5, 5.41) is 3.20. The Labute approximate surface area is 98.6 Å². The fourth-order valence-corrected chi connectivity index (χ4v) is 2.69. The predicted molar refractivity (Wildman–Crippen MR) is 65.1 cm³/mol. The molecule has 2 aliphatic rings. The molecular formula is C13H24N2O. The lowest BCUT2D eigenvalue weighted by Crippen LogP contribution is -2.40. The highest BCUT2D eigenvalue weighted by atomic mass is 16.2. The van der Waals surface area contributed by atoms with Gasteiger partial charge < -0.3 is 10.2 Å². The predicted octanol–water partition coefficient (Wildman–Crippen LogP) is 1.49. The lowest BCUT2D eigenvalue weighted by atomic mass is 9.93. The van der Waals surface area contributed by atoms with Gasteiger partial charge in [-0.25, -0.2) is 0 Å². The van der Waals surface area contributed by atoms with Crippen molar-refractivity contribution in [2.24, 2.45) is 17.8 Å². The second-order valence-electron chi connectivity index (χ2n) is 5.48. The van der Waals surface area contributed by atoms with E-state index in [0.29, 0.717) is 17.7 Å². The van der Waals surface area contributed by atoms with Crippen LogP contribution in [-0.4, -0.2) is 37.5 Å². The number of piperidine rings is 1. The zero-order chi connectivity index (χ0) is 11.5. The monoisotopic (exact) mass is 224 g/mol. The van der Waals surface area contributed by atoms with Crippen LogP contribution in [0.4, 0.5) is 0 Å². The second-order valence-corrected chi connectivity index (χ2v) is 5.48. The van der Waals surface area contributed by atoms with E-state index in [9.17, 15) is 4.79 Å². The lowest BCUT2D eigenvalue weighted by molar-refractivity contribution is -0.134. The normalized spacial score (nSPS) is 30.5. The number of likely N-dealkylation sites (tertiary alicyclic amines) is 1. The highest BCUT2D eigenvalue weighted by Crippen LogP contribution is 2.39. The number of carbonyl (C=O) groups is 1. The Hall–Kier alpha value is -0.570. The van der Waals surface area contributed by atoms with Crippen molar-refractivity contribution < 1.29 is 4.79 Å². The molecule has 1 saturated carbocycles. The fraction of sp³-hybridized carbons (Fsp3) is 0.923. The number of rotatable bonds is 4. The van der Waals surface area contributed by atoms with E-state index in [2.05, 4.69) is 17.1 Å². The molecule has 2 fully saturated rings. The van der Waals surface area contributed by atoms with E-state index < -0.39 is 0 Å². The standard InChI is InChI=1S/C13H24N2O/c1-10-9-12(10)13(16)15-7-4-11(5-8-15)3-6-14-2/h10-12,14H,3-9H2,1-2H3. The number of nitrogens with one attached hydrogen (secondary N) is 1. The SMILES string of the molecule is CNCCC1CCN(C(=O)C2CC2C)CC1. The molecular weight excluding hydrogens is 200 g/mol. The smallest absolute Gasteiger partial charge is 0.225 e. The summed E-state index contributed by atoms with van der Waals surface area (Å²) in [5.74, 6) is 2.27. The van der Waals surface area contributed by atoms with Crippen LogP contribution in [0.2, 0.25) is 0 Å². The van der Waals surface area contributed by atoms with Crippen LogP contribution in [0.25, 0.3) is 0 Å². The molecule has 1 aliphatic carbocycles. The van der Waals surface area contributed by atoms with Gasteiger partial charge in [-0.1, -0.05) is 6.92 Å². The van der Waals surface area contributed by atoms with E-state index >= 15 is 0 Å². The van der Waals surface area contributed by atoms with Gasteiger partial charge in [-0.15, -0.1) is 0 Å². The third kappa shape index (κ3) is 2.76. The van der Waals surface area contributed by atoms with Crippen LogP contribution < -0.4 is 5.32 Å². The first-order valence-corrected chi connectivity index (χ1v) is 6.65. The van der Waals surface area contributed by atoms with Crippen molar-refractivity contribution >= 4 is 5.91 Å². The van der Waals surface area contributed by atoms with Crippen LogP contribution in [0.5, 0.6) is 0 Å². The maximum atomic E-state index is 12.0. The van der Waals surface area contributed by atoms with Crippen LogP contribution in [0.3, 0.4) is 0 Å². The topological polar surface area (TPSA) is 32.3 Å². The molecule has 3 nitrogen and oxygen atoms in total. The third-order valence-electron chi connectivity index (χ3n) is 4.16. The Morgan fingerprint density at radius 3 is 2.50 bits per heavy atom. The first-order chi connectivity index (χ1) is 7.72. The summed E-state index contributed by atoms with van der Waals surface area (Å²) >= 11 is 0. The molecule has 1 aliphatic heterocycles. The van der Waals surface area contributed by atoms with Gasteiger partial charge in [0.25, 0.3) is 0 Å². The first kappa shape index (κ1) is 11.9. The van der Waals surface area contributed by atoms with E-state index in [4.69, 9.17) is 0 Å². The second kappa shape index (κ2) is 5.17. The zero-order valence-electron chi connectivity index (χ0n) is 10.5. The number of amides is 1. The fourth-order valence-electron chi connectivity index (χ4n) is 2.69. The van der Waals surface area contributed by atoms with Crippen LogP contribution >= 0.6 is 0 Å².